The number of piperidine rings is 1. The maximum atomic E-state index is 12.5. The molecule has 7 heteroatoms. The first-order valence-corrected chi connectivity index (χ1v) is 10.8. The van der Waals surface area contributed by atoms with Gasteiger partial charge in [0.2, 0.25) is 12.7 Å². The van der Waals surface area contributed by atoms with E-state index in [0.29, 0.717) is 32.4 Å². The Labute approximate surface area is 182 Å². The molecule has 4 rings (SSSR count). The first-order valence-electron chi connectivity index (χ1n) is 10.8. The van der Waals surface area contributed by atoms with Crippen molar-refractivity contribution in [2.45, 2.75) is 37.4 Å². The first-order chi connectivity index (χ1) is 15.0. The fraction of sp³-hybridized carbons (Fsp3) is 0.458. The standard InChI is InChI=1S/C24H30N2O5/c27-22-15-26(23(28)9-7-18-4-2-1-3-5-18)13-11-24(22,29)16-25-12-10-19-6-8-20-21(14-19)31-17-30-20/h1-6,8,14,22,25,27,29H,7,9-13,15-17H2/t22-,24-/m0/s1. The van der Waals surface area contributed by atoms with Gasteiger partial charge >= 0.3 is 0 Å². The number of ether oxygens (including phenoxy) is 2. The van der Waals surface area contributed by atoms with E-state index in [-0.39, 0.29) is 25.8 Å². The molecule has 0 spiro atoms. The van der Waals surface area contributed by atoms with E-state index in [4.69, 9.17) is 9.47 Å². The molecule has 0 saturated carbocycles. The zero-order valence-electron chi connectivity index (χ0n) is 17.6. The van der Waals surface area contributed by atoms with Crippen molar-refractivity contribution in [3.8, 4) is 11.5 Å². The van der Waals surface area contributed by atoms with E-state index in [1.165, 1.54) is 0 Å². The Balaban J connectivity index is 1.20. The second kappa shape index (κ2) is 9.68. The molecule has 0 aliphatic carbocycles. The second-order valence-corrected chi connectivity index (χ2v) is 8.31. The number of amides is 1. The predicted octanol–water partition coefficient (Wildman–Crippen LogP) is 1.50. The van der Waals surface area contributed by atoms with Gasteiger partial charge in [0.15, 0.2) is 11.5 Å². The number of hydrogen-bond acceptors (Lipinski definition) is 6. The molecular formula is C24H30N2O5. The van der Waals surface area contributed by atoms with Gasteiger partial charge in [-0.1, -0.05) is 36.4 Å². The van der Waals surface area contributed by atoms with Gasteiger partial charge in [-0.2, -0.15) is 0 Å². The molecule has 2 heterocycles. The van der Waals surface area contributed by atoms with Gasteiger partial charge in [-0.25, -0.2) is 0 Å². The fourth-order valence-corrected chi connectivity index (χ4v) is 4.09. The first kappa shape index (κ1) is 21.6. The molecule has 7 nitrogen and oxygen atoms in total. The lowest BCUT2D eigenvalue weighted by Gasteiger charge is -2.42. The van der Waals surface area contributed by atoms with E-state index in [1.807, 2.05) is 48.5 Å². The molecule has 3 N–H and O–H groups in total. The summed E-state index contributed by atoms with van der Waals surface area (Å²) in [6, 6.07) is 15.8. The number of aliphatic hydroxyl groups excluding tert-OH is 1. The maximum absolute atomic E-state index is 12.5. The van der Waals surface area contributed by atoms with Crippen LogP contribution in [0.5, 0.6) is 11.5 Å². The third-order valence-corrected chi connectivity index (χ3v) is 6.11. The summed E-state index contributed by atoms with van der Waals surface area (Å²) in [6.45, 7) is 1.81. The van der Waals surface area contributed by atoms with Crippen molar-refractivity contribution < 1.29 is 24.5 Å². The predicted molar refractivity (Wildman–Crippen MR) is 116 cm³/mol. The van der Waals surface area contributed by atoms with E-state index in [0.717, 1.165) is 29.0 Å². The van der Waals surface area contributed by atoms with Gasteiger partial charge in [-0.15, -0.1) is 0 Å². The summed E-state index contributed by atoms with van der Waals surface area (Å²) in [6.07, 6.45) is 1.23. The Hall–Kier alpha value is -2.61. The van der Waals surface area contributed by atoms with Crippen molar-refractivity contribution in [1.82, 2.24) is 10.2 Å². The monoisotopic (exact) mass is 426 g/mol. The Kier molecular flexibility index (Phi) is 6.75. The lowest BCUT2D eigenvalue weighted by molar-refractivity contribution is -0.148. The molecule has 2 atom stereocenters. The number of carbonyl (C=O) groups is 1. The zero-order chi connectivity index (χ0) is 21.7. The lowest BCUT2D eigenvalue weighted by Crippen LogP contribution is -2.60. The highest BCUT2D eigenvalue weighted by Gasteiger charge is 2.41. The Morgan fingerprint density at radius 3 is 2.71 bits per heavy atom. The molecule has 1 saturated heterocycles. The van der Waals surface area contributed by atoms with E-state index in [1.54, 1.807) is 4.90 Å². The molecule has 1 fully saturated rings. The van der Waals surface area contributed by atoms with Gasteiger partial charge in [0.25, 0.3) is 0 Å². The Morgan fingerprint density at radius 2 is 1.90 bits per heavy atom. The van der Waals surface area contributed by atoms with Crippen LogP contribution < -0.4 is 14.8 Å². The largest absolute Gasteiger partial charge is 0.454 e. The number of carbonyl (C=O) groups excluding carboxylic acids is 1. The molecule has 2 aromatic carbocycles. The lowest BCUT2D eigenvalue weighted by atomic mass is 9.88. The van der Waals surface area contributed by atoms with Gasteiger partial charge in [0, 0.05) is 26.1 Å². The van der Waals surface area contributed by atoms with Crippen LogP contribution in [0.25, 0.3) is 0 Å². The average Bonchev–Trinajstić information content (AvgIpc) is 3.26. The number of rotatable bonds is 8. The molecule has 0 bridgehead atoms. The number of β-amino-alcohol motifs (C(OH)–C–C–N with tert-alkyl or cyclic N) is 1. The van der Waals surface area contributed by atoms with Crippen LogP contribution in [0.15, 0.2) is 48.5 Å². The van der Waals surface area contributed by atoms with E-state index >= 15 is 0 Å². The SMILES string of the molecule is O=C(CCc1ccccc1)N1CC[C@](O)(CNCCc2ccc3c(c2)OCO3)[C@@H](O)C1. The Bertz CT molecular complexity index is 891. The van der Waals surface area contributed by atoms with Crippen LogP contribution in [0.4, 0.5) is 0 Å². The molecule has 2 aliphatic rings. The minimum Gasteiger partial charge on any atom is -0.454 e. The maximum Gasteiger partial charge on any atom is 0.231 e. The number of fused-ring (bicyclic) bond motifs is 1. The normalized spacial score (nSPS) is 22.5. The number of aryl methyl sites for hydroxylation is 1. The summed E-state index contributed by atoms with van der Waals surface area (Å²) in [5.74, 6) is 1.54. The van der Waals surface area contributed by atoms with Gasteiger partial charge in [0.05, 0.1) is 0 Å². The molecular weight excluding hydrogens is 396 g/mol. The summed E-state index contributed by atoms with van der Waals surface area (Å²) >= 11 is 0. The molecule has 1 amide bonds. The molecule has 2 aliphatic heterocycles. The smallest absolute Gasteiger partial charge is 0.231 e. The number of aliphatic hydroxyl groups is 2. The van der Waals surface area contributed by atoms with Crippen molar-refractivity contribution in [3.05, 3.63) is 59.7 Å². The van der Waals surface area contributed by atoms with Crippen molar-refractivity contribution in [2.24, 2.45) is 0 Å². The van der Waals surface area contributed by atoms with Crippen LogP contribution >= 0.6 is 0 Å². The highest BCUT2D eigenvalue weighted by molar-refractivity contribution is 5.76. The van der Waals surface area contributed by atoms with E-state index < -0.39 is 11.7 Å². The molecule has 2 aromatic rings. The highest BCUT2D eigenvalue weighted by Crippen LogP contribution is 2.32. The highest BCUT2D eigenvalue weighted by atomic mass is 16.7. The topological polar surface area (TPSA) is 91.3 Å². The Morgan fingerprint density at radius 1 is 1.10 bits per heavy atom. The quantitative estimate of drug-likeness (QED) is 0.555. The van der Waals surface area contributed by atoms with Crippen LogP contribution in [-0.2, 0) is 17.6 Å². The third-order valence-electron chi connectivity index (χ3n) is 6.11. The summed E-state index contributed by atoms with van der Waals surface area (Å²) in [5.41, 5.74) is 1.00. The number of nitrogens with zero attached hydrogens (tertiary/aromatic N) is 1. The van der Waals surface area contributed by atoms with Crippen molar-refractivity contribution in [2.75, 3.05) is 33.0 Å². The van der Waals surface area contributed by atoms with Gasteiger partial charge in [-0.3, -0.25) is 4.79 Å². The van der Waals surface area contributed by atoms with E-state index in [2.05, 4.69) is 5.32 Å². The van der Waals surface area contributed by atoms with Crippen LogP contribution in [-0.4, -0.2) is 65.7 Å². The molecule has 0 aromatic heterocycles. The van der Waals surface area contributed by atoms with Crippen LogP contribution in [0.3, 0.4) is 0 Å². The van der Waals surface area contributed by atoms with Crippen LogP contribution in [0.2, 0.25) is 0 Å². The second-order valence-electron chi connectivity index (χ2n) is 8.31. The number of likely N-dealkylation sites (tertiary alicyclic amines) is 1. The van der Waals surface area contributed by atoms with Crippen molar-refractivity contribution in [1.29, 1.82) is 0 Å². The van der Waals surface area contributed by atoms with Crippen LogP contribution in [0.1, 0.15) is 24.0 Å². The van der Waals surface area contributed by atoms with E-state index in [9.17, 15) is 15.0 Å². The molecule has 0 radical (unpaired) electrons. The third kappa shape index (κ3) is 5.36. The molecule has 31 heavy (non-hydrogen) atoms. The average molecular weight is 427 g/mol. The minimum atomic E-state index is -1.23. The van der Waals surface area contributed by atoms with Crippen LogP contribution in [0, 0.1) is 0 Å². The fourth-order valence-electron chi connectivity index (χ4n) is 4.09. The molecule has 0 unspecified atom stereocenters. The number of nitrogens with one attached hydrogen (secondary N) is 1. The van der Waals surface area contributed by atoms with Gasteiger partial charge in [-0.05, 0) is 49.1 Å². The van der Waals surface area contributed by atoms with Gasteiger partial charge < -0.3 is 29.9 Å². The van der Waals surface area contributed by atoms with Crippen molar-refractivity contribution >= 4 is 5.91 Å². The van der Waals surface area contributed by atoms with Crippen molar-refractivity contribution in [3.63, 3.8) is 0 Å². The minimum absolute atomic E-state index is 0.0146. The summed E-state index contributed by atoms with van der Waals surface area (Å²) in [5, 5.41) is 24.7. The van der Waals surface area contributed by atoms with Gasteiger partial charge in [0.1, 0.15) is 11.7 Å². The summed E-state index contributed by atoms with van der Waals surface area (Å²) < 4.78 is 10.7. The summed E-state index contributed by atoms with van der Waals surface area (Å²) in [7, 11) is 0. The summed E-state index contributed by atoms with van der Waals surface area (Å²) in [4.78, 5) is 14.2. The number of hydrogen-bond donors (Lipinski definition) is 3. The number of benzene rings is 2. The molecule has 166 valence electrons. The zero-order valence-corrected chi connectivity index (χ0v) is 17.6.